The minimum Gasteiger partial charge on any atom is -0.315 e. The Morgan fingerprint density at radius 1 is 1.27 bits per heavy atom. The molecular weight excluding hydrogens is 162 g/mol. The molecular formula is C5H11N5S. The van der Waals surface area contributed by atoms with Gasteiger partial charge in [0.15, 0.2) is 0 Å². The second-order valence-corrected chi connectivity index (χ2v) is 3.15. The molecule has 0 amide bonds. The van der Waals surface area contributed by atoms with Gasteiger partial charge in [-0.1, -0.05) is 0 Å². The molecule has 6 heteroatoms. The van der Waals surface area contributed by atoms with Gasteiger partial charge in [0.25, 0.3) is 0 Å². The van der Waals surface area contributed by atoms with Crippen molar-refractivity contribution in [3.05, 3.63) is 6.33 Å². The summed E-state index contributed by atoms with van der Waals surface area (Å²) < 4.78 is 0. The van der Waals surface area contributed by atoms with Crippen molar-refractivity contribution in [2.24, 2.45) is 0 Å². The van der Waals surface area contributed by atoms with Crippen LogP contribution in [0.4, 0.5) is 0 Å². The number of hydrogen-bond acceptors (Lipinski definition) is 5. The highest BCUT2D eigenvalue weighted by atomic mass is 32.2. The van der Waals surface area contributed by atoms with Gasteiger partial charge in [-0.3, -0.25) is 0 Å². The van der Waals surface area contributed by atoms with Crippen molar-refractivity contribution in [3.63, 3.8) is 0 Å². The average molecular weight is 173 g/mol. The van der Waals surface area contributed by atoms with Gasteiger partial charge in [-0.15, -0.1) is 5.10 Å². The van der Waals surface area contributed by atoms with Gasteiger partial charge in [0, 0.05) is 24.6 Å². The van der Waals surface area contributed by atoms with Crippen LogP contribution in [0.5, 0.6) is 0 Å². The van der Waals surface area contributed by atoms with Gasteiger partial charge in [-0.2, -0.15) is 11.8 Å². The molecule has 1 fully saturated rings. The molecule has 0 spiro atoms. The molecule has 1 aliphatic heterocycles. The van der Waals surface area contributed by atoms with Crippen LogP contribution in [-0.4, -0.2) is 45.2 Å². The molecule has 11 heavy (non-hydrogen) atoms. The van der Waals surface area contributed by atoms with Crippen LogP contribution in [0.3, 0.4) is 0 Å². The lowest BCUT2D eigenvalue weighted by Gasteiger charge is -2.08. The van der Waals surface area contributed by atoms with Crippen LogP contribution < -0.4 is 5.32 Å². The molecule has 1 aromatic rings. The molecule has 2 rings (SSSR count). The van der Waals surface area contributed by atoms with Crippen LogP contribution >= 0.6 is 11.8 Å². The smallest absolute Gasteiger partial charge is 0.135 e. The Hall–Kier alpha value is -0.620. The molecule has 0 unspecified atom stereocenters. The van der Waals surface area contributed by atoms with E-state index < -0.39 is 0 Å². The van der Waals surface area contributed by atoms with E-state index in [0.29, 0.717) is 0 Å². The number of aromatic nitrogens is 4. The summed E-state index contributed by atoms with van der Waals surface area (Å²) in [5, 5.41) is 15.4. The first-order valence-corrected chi connectivity index (χ1v) is 4.61. The third-order valence-electron chi connectivity index (χ3n) is 1.12. The monoisotopic (exact) mass is 173 g/mol. The maximum Gasteiger partial charge on any atom is 0.135 e. The van der Waals surface area contributed by atoms with E-state index >= 15 is 0 Å². The van der Waals surface area contributed by atoms with Crippen molar-refractivity contribution < 1.29 is 0 Å². The zero-order chi connectivity index (χ0) is 7.78. The lowest BCUT2D eigenvalue weighted by Crippen LogP contribution is -2.24. The standard InChI is InChI=1S/C4H9NS.CH2N4/c1-3-6-4-2-5-1;1-2-4-5-3-1/h5H,1-4H2;1H,(H,2,3,4,5). The Morgan fingerprint density at radius 3 is 2.27 bits per heavy atom. The van der Waals surface area contributed by atoms with Crippen molar-refractivity contribution in [1.29, 1.82) is 0 Å². The summed E-state index contributed by atoms with van der Waals surface area (Å²) in [7, 11) is 0. The van der Waals surface area contributed by atoms with Crippen molar-refractivity contribution in [1.82, 2.24) is 25.9 Å². The summed E-state index contributed by atoms with van der Waals surface area (Å²) in [6.45, 7) is 2.43. The van der Waals surface area contributed by atoms with Crippen LogP contribution in [0.2, 0.25) is 0 Å². The third kappa shape index (κ3) is 4.74. The number of hydrogen-bond donors (Lipinski definition) is 2. The summed E-state index contributed by atoms with van der Waals surface area (Å²) in [5.74, 6) is 2.61. The lowest BCUT2D eigenvalue weighted by atomic mass is 10.6. The van der Waals surface area contributed by atoms with Gasteiger partial charge in [-0.25, -0.2) is 5.10 Å². The number of thioether (sulfide) groups is 1. The predicted octanol–water partition coefficient (Wildman–Crippen LogP) is -0.478. The second kappa shape index (κ2) is 6.11. The van der Waals surface area contributed by atoms with E-state index in [-0.39, 0.29) is 0 Å². The van der Waals surface area contributed by atoms with Crippen LogP contribution in [0.25, 0.3) is 0 Å². The largest absolute Gasteiger partial charge is 0.315 e. The van der Waals surface area contributed by atoms with Crippen LogP contribution in [0.15, 0.2) is 6.33 Å². The molecule has 2 heterocycles. The summed E-state index contributed by atoms with van der Waals surface area (Å²) >= 11 is 2.03. The Labute approximate surface area is 69.3 Å². The highest BCUT2D eigenvalue weighted by Crippen LogP contribution is 1.99. The molecule has 5 nitrogen and oxygen atoms in total. The van der Waals surface area contributed by atoms with Gasteiger partial charge < -0.3 is 5.32 Å². The topological polar surface area (TPSA) is 66.5 Å². The Morgan fingerprint density at radius 2 is 2.09 bits per heavy atom. The number of nitrogens with zero attached hydrogens (tertiary/aromatic N) is 3. The summed E-state index contributed by atoms with van der Waals surface area (Å²) in [5.41, 5.74) is 0. The minimum atomic E-state index is 1.21. The quantitative estimate of drug-likeness (QED) is 0.555. The Kier molecular flexibility index (Phi) is 4.71. The number of rotatable bonds is 0. The number of aromatic amines is 1. The predicted molar refractivity (Wildman–Crippen MR) is 44.4 cm³/mol. The van der Waals surface area contributed by atoms with E-state index in [1.165, 1.54) is 30.9 Å². The zero-order valence-electron chi connectivity index (χ0n) is 6.16. The van der Waals surface area contributed by atoms with Crippen molar-refractivity contribution in [2.45, 2.75) is 0 Å². The van der Waals surface area contributed by atoms with Gasteiger partial charge in [-0.05, 0) is 10.4 Å². The maximum atomic E-state index is 3.31. The highest BCUT2D eigenvalue weighted by Gasteiger charge is 1.93. The third-order valence-corrected chi connectivity index (χ3v) is 2.10. The molecule has 0 bridgehead atoms. The maximum absolute atomic E-state index is 3.31. The summed E-state index contributed by atoms with van der Waals surface area (Å²) in [6, 6.07) is 0. The molecule has 1 aliphatic rings. The number of H-pyrrole nitrogens is 1. The van der Waals surface area contributed by atoms with Gasteiger partial charge in [0.1, 0.15) is 6.33 Å². The lowest BCUT2D eigenvalue weighted by molar-refractivity contribution is 0.756. The Balaban J connectivity index is 0.000000112. The molecule has 0 atom stereocenters. The summed E-state index contributed by atoms with van der Waals surface area (Å²) in [4.78, 5) is 0. The molecule has 62 valence electrons. The van der Waals surface area contributed by atoms with Crippen molar-refractivity contribution in [2.75, 3.05) is 24.6 Å². The highest BCUT2D eigenvalue weighted by molar-refractivity contribution is 7.99. The fourth-order valence-electron chi connectivity index (χ4n) is 0.645. The minimum absolute atomic E-state index is 1.21. The van der Waals surface area contributed by atoms with E-state index in [4.69, 9.17) is 0 Å². The SMILES string of the molecule is C1CSCCN1.c1nnn[nH]1. The normalized spacial score (nSPS) is 16.7. The Bertz CT molecular complexity index is 121. The zero-order valence-corrected chi connectivity index (χ0v) is 6.97. The van der Waals surface area contributed by atoms with Crippen molar-refractivity contribution in [3.8, 4) is 0 Å². The molecule has 0 saturated carbocycles. The first-order valence-electron chi connectivity index (χ1n) is 3.45. The van der Waals surface area contributed by atoms with Gasteiger partial charge in [0.05, 0.1) is 0 Å². The first kappa shape index (κ1) is 8.48. The fourth-order valence-corrected chi connectivity index (χ4v) is 1.43. The molecule has 1 saturated heterocycles. The van der Waals surface area contributed by atoms with E-state index in [0.717, 1.165) is 0 Å². The fraction of sp³-hybridized carbons (Fsp3) is 0.800. The average Bonchev–Trinajstić information content (AvgIpc) is 2.64. The van der Waals surface area contributed by atoms with Crippen molar-refractivity contribution >= 4 is 11.8 Å². The molecule has 0 radical (unpaired) electrons. The second-order valence-electron chi connectivity index (χ2n) is 1.93. The first-order chi connectivity index (χ1) is 5.50. The van der Waals surface area contributed by atoms with E-state index in [1.807, 2.05) is 11.8 Å². The molecule has 0 aliphatic carbocycles. The van der Waals surface area contributed by atoms with Gasteiger partial charge in [0.2, 0.25) is 0 Å². The molecule has 0 aromatic carbocycles. The van der Waals surface area contributed by atoms with Crippen LogP contribution in [-0.2, 0) is 0 Å². The van der Waals surface area contributed by atoms with Crippen LogP contribution in [0, 0.1) is 0 Å². The molecule has 1 aromatic heterocycles. The number of nitrogens with one attached hydrogen (secondary N) is 2. The van der Waals surface area contributed by atoms with Crippen LogP contribution in [0.1, 0.15) is 0 Å². The summed E-state index contributed by atoms with van der Waals surface area (Å²) in [6.07, 6.45) is 1.40. The molecule has 2 N–H and O–H groups in total. The number of tetrazole rings is 1. The van der Waals surface area contributed by atoms with E-state index in [1.54, 1.807) is 0 Å². The van der Waals surface area contributed by atoms with Gasteiger partial charge >= 0.3 is 0 Å². The van der Waals surface area contributed by atoms with E-state index in [9.17, 15) is 0 Å². The van der Waals surface area contributed by atoms with E-state index in [2.05, 4.69) is 25.9 Å².